The van der Waals surface area contributed by atoms with Gasteiger partial charge in [-0.3, -0.25) is 4.79 Å². The molecule has 1 aliphatic rings. The number of nitrogens with zero attached hydrogens (tertiary/aromatic N) is 4. The van der Waals surface area contributed by atoms with Crippen molar-refractivity contribution in [2.75, 3.05) is 14.2 Å². The highest BCUT2D eigenvalue weighted by atomic mass is 16.5. The minimum atomic E-state index is -0.0655. The van der Waals surface area contributed by atoms with E-state index >= 15 is 0 Å². The quantitative estimate of drug-likeness (QED) is 0.479. The first-order valence-electron chi connectivity index (χ1n) is 10.4. The minimum Gasteiger partial charge on any atom is -0.493 e. The molecule has 32 heavy (non-hydrogen) atoms. The van der Waals surface area contributed by atoms with Crippen LogP contribution in [0.4, 0.5) is 0 Å². The normalized spacial score (nSPS) is 12.7. The lowest BCUT2D eigenvalue weighted by Crippen LogP contribution is -2.26. The molecule has 0 bridgehead atoms. The number of aryl methyl sites for hydroxylation is 1. The number of hydrogen-bond donors (Lipinski definition) is 0. The number of rotatable bonds is 5. The molecular weight excluding hydrogens is 404 g/mol. The summed E-state index contributed by atoms with van der Waals surface area (Å²) in [7, 11) is 3.14. The van der Waals surface area contributed by atoms with Crippen LogP contribution in [0.2, 0.25) is 0 Å². The van der Waals surface area contributed by atoms with E-state index in [1.54, 1.807) is 32.4 Å². The number of benzene rings is 2. The minimum absolute atomic E-state index is 0.0655. The second-order valence-electron chi connectivity index (χ2n) is 7.82. The first-order valence-corrected chi connectivity index (χ1v) is 10.4. The van der Waals surface area contributed by atoms with Crippen molar-refractivity contribution in [3.05, 3.63) is 89.4 Å². The Labute approximate surface area is 186 Å². The summed E-state index contributed by atoms with van der Waals surface area (Å²) in [6, 6.07) is 17.5. The molecule has 0 atom stereocenters. The topological polar surface area (TPSA) is 61.5 Å². The molecule has 0 saturated heterocycles. The van der Waals surface area contributed by atoms with Crippen LogP contribution in [0.15, 0.2) is 67.0 Å². The van der Waals surface area contributed by atoms with Crippen molar-refractivity contribution < 1.29 is 14.3 Å². The molecule has 2 aromatic carbocycles. The standard InChI is InChI=1S/C25H24N4O3/c1-17-6-9-19(10-7-17)29-24(27-12-4-5-13-27)20-15-28(16-21(20)26-29)25(30)18-8-11-22(31-2)23(14-18)32-3/h4-14H,15-16H2,1-3H3. The molecule has 7 heteroatoms. The third-order valence-electron chi connectivity index (χ3n) is 5.77. The third kappa shape index (κ3) is 3.32. The van der Waals surface area contributed by atoms with E-state index in [2.05, 4.69) is 35.8 Å². The van der Waals surface area contributed by atoms with E-state index in [1.807, 2.05) is 34.1 Å². The summed E-state index contributed by atoms with van der Waals surface area (Å²) in [5.74, 6) is 2.02. The Balaban J connectivity index is 1.50. The lowest BCUT2D eigenvalue weighted by molar-refractivity contribution is 0.0749. The third-order valence-corrected chi connectivity index (χ3v) is 5.77. The van der Waals surface area contributed by atoms with Crippen LogP contribution in [0.25, 0.3) is 11.5 Å². The van der Waals surface area contributed by atoms with Gasteiger partial charge in [0.15, 0.2) is 11.5 Å². The molecule has 0 spiro atoms. The van der Waals surface area contributed by atoms with Gasteiger partial charge in [0.25, 0.3) is 5.91 Å². The molecule has 0 unspecified atom stereocenters. The SMILES string of the molecule is COc1ccc(C(=O)N2Cc3nn(-c4ccc(C)cc4)c(-n4cccc4)c3C2)cc1OC. The van der Waals surface area contributed by atoms with E-state index in [4.69, 9.17) is 14.6 Å². The molecule has 162 valence electrons. The highest BCUT2D eigenvalue weighted by Gasteiger charge is 2.32. The summed E-state index contributed by atoms with van der Waals surface area (Å²) in [6.45, 7) is 3.01. The Hall–Kier alpha value is -4.00. The molecule has 1 aliphatic heterocycles. The molecule has 0 saturated carbocycles. The number of carbonyl (C=O) groups excluding carboxylic acids is 1. The van der Waals surface area contributed by atoms with Gasteiger partial charge in [-0.15, -0.1) is 0 Å². The summed E-state index contributed by atoms with van der Waals surface area (Å²) in [5, 5.41) is 4.89. The molecule has 0 fully saturated rings. The van der Waals surface area contributed by atoms with Crippen LogP contribution in [0.5, 0.6) is 11.5 Å². The molecule has 1 amide bonds. The summed E-state index contributed by atoms with van der Waals surface area (Å²) in [5.41, 5.74) is 4.70. The van der Waals surface area contributed by atoms with Gasteiger partial charge in [0.1, 0.15) is 5.82 Å². The van der Waals surface area contributed by atoms with Crippen LogP contribution in [-0.2, 0) is 13.1 Å². The van der Waals surface area contributed by atoms with E-state index in [0.29, 0.717) is 30.2 Å². The lowest BCUT2D eigenvalue weighted by atomic mass is 10.1. The van der Waals surface area contributed by atoms with Crippen LogP contribution >= 0.6 is 0 Å². The van der Waals surface area contributed by atoms with Crippen LogP contribution < -0.4 is 9.47 Å². The lowest BCUT2D eigenvalue weighted by Gasteiger charge is -2.18. The van der Waals surface area contributed by atoms with Crippen molar-refractivity contribution in [3.8, 4) is 23.0 Å². The molecule has 5 rings (SSSR count). The Morgan fingerprint density at radius 1 is 0.938 bits per heavy atom. The smallest absolute Gasteiger partial charge is 0.254 e. The number of amides is 1. The predicted octanol–water partition coefficient (Wildman–Crippen LogP) is 4.14. The van der Waals surface area contributed by atoms with Crippen LogP contribution in [0.1, 0.15) is 27.2 Å². The first kappa shape index (κ1) is 19.9. The van der Waals surface area contributed by atoms with Crippen molar-refractivity contribution in [2.24, 2.45) is 0 Å². The zero-order valence-corrected chi connectivity index (χ0v) is 18.3. The highest BCUT2D eigenvalue weighted by molar-refractivity contribution is 5.95. The monoisotopic (exact) mass is 428 g/mol. The Bertz CT molecular complexity index is 1270. The molecule has 0 N–H and O–H groups in total. The average Bonchev–Trinajstić information content (AvgIpc) is 3.55. The maximum absolute atomic E-state index is 13.3. The second kappa shape index (κ2) is 7.92. The Morgan fingerprint density at radius 2 is 1.66 bits per heavy atom. The van der Waals surface area contributed by atoms with E-state index < -0.39 is 0 Å². The zero-order chi connectivity index (χ0) is 22.2. The summed E-state index contributed by atoms with van der Waals surface area (Å²) in [6.07, 6.45) is 4.00. The Morgan fingerprint density at radius 3 is 2.34 bits per heavy atom. The second-order valence-corrected chi connectivity index (χ2v) is 7.82. The highest BCUT2D eigenvalue weighted by Crippen LogP contribution is 2.33. The fourth-order valence-corrected chi connectivity index (χ4v) is 4.10. The van der Waals surface area contributed by atoms with Crippen molar-refractivity contribution in [1.82, 2.24) is 19.2 Å². The van der Waals surface area contributed by atoms with E-state index in [0.717, 1.165) is 22.8 Å². The number of ether oxygens (including phenoxy) is 2. The number of methoxy groups -OCH3 is 2. The number of aromatic nitrogens is 3. The van der Waals surface area contributed by atoms with Crippen LogP contribution in [0.3, 0.4) is 0 Å². The average molecular weight is 428 g/mol. The van der Waals surface area contributed by atoms with Crippen molar-refractivity contribution in [1.29, 1.82) is 0 Å². The molecule has 2 aromatic heterocycles. The van der Waals surface area contributed by atoms with Gasteiger partial charge in [0, 0.05) is 23.5 Å². The van der Waals surface area contributed by atoms with Gasteiger partial charge in [0.2, 0.25) is 0 Å². The molecule has 3 heterocycles. The van der Waals surface area contributed by atoms with E-state index in [9.17, 15) is 4.79 Å². The van der Waals surface area contributed by atoms with Gasteiger partial charge < -0.3 is 18.9 Å². The predicted molar refractivity (Wildman–Crippen MR) is 121 cm³/mol. The van der Waals surface area contributed by atoms with Crippen LogP contribution in [-0.4, -0.2) is 39.4 Å². The van der Waals surface area contributed by atoms with Crippen molar-refractivity contribution in [3.63, 3.8) is 0 Å². The molecule has 4 aromatic rings. The van der Waals surface area contributed by atoms with Crippen LogP contribution in [0, 0.1) is 6.92 Å². The molecule has 0 radical (unpaired) electrons. The Kier molecular flexibility index (Phi) is 4.93. The molecule has 7 nitrogen and oxygen atoms in total. The number of hydrogen-bond acceptors (Lipinski definition) is 4. The van der Waals surface area contributed by atoms with Gasteiger partial charge in [-0.05, 0) is 49.4 Å². The van der Waals surface area contributed by atoms with Gasteiger partial charge in [-0.25, -0.2) is 4.68 Å². The molecule has 0 aliphatic carbocycles. The maximum atomic E-state index is 13.3. The summed E-state index contributed by atoms with van der Waals surface area (Å²) in [4.78, 5) is 15.1. The summed E-state index contributed by atoms with van der Waals surface area (Å²) < 4.78 is 14.7. The van der Waals surface area contributed by atoms with E-state index in [1.165, 1.54) is 5.56 Å². The van der Waals surface area contributed by atoms with Crippen molar-refractivity contribution >= 4 is 5.91 Å². The van der Waals surface area contributed by atoms with Gasteiger partial charge >= 0.3 is 0 Å². The number of carbonyl (C=O) groups is 1. The fourth-order valence-electron chi connectivity index (χ4n) is 4.10. The van der Waals surface area contributed by atoms with Gasteiger partial charge in [-0.2, -0.15) is 5.10 Å². The zero-order valence-electron chi connectivity index (χ0n) is 18.3. The van der Waals surface area contributed by atoms with Gasteiger partial charge in [-0.1, -0.05) is 17.7 Å². The molecular formula is C25H24N4O3. The fraction of sp³-hybridized carbons (Fsp3) is 0.200. The van der Waals surface area contributed by atoms with Gasteiger partial charge in [0.05, 0.1) is 38.7 Å². The van der Waals surface area contributed by atoms with Crippen molar-refractivity contribution in [2.45, 2.75) is 20.0 Å². The number of fused-ring (bicyclic) bond motifs is 1. The summed E-state index contributed by atoms with van der Waals surface area (Å²) >= 11 is 0. The van der Waals surface area contributed by atoms with E-state index in [-0.39, 0.29) is 5.91 Å². The first-order chi connectivity index (χ1) is 15.6. The largest absolute Gasteiger partial charge is 0.493 e. The maximum Gasteiger partial charge on any atom is 0.254 e.